The average Bonchev–Trinajstić information content (AvgIpc) is 2.82. The number of aliphatic hydroxyl groups is 1. The Balaban J connectivity index is 2.07. The van der Waals surface area contributed by atoms with Crippen LogP contribution in [0.1, 0.15) is 13.3 Å². The Morgan fingerprint density at radius 2 is 2.05 bits per heavy atom. The zero-order valence-electron chi connectivity index (χ0n) is 12.1. The lowest BCUT2D eigenvalue weighted by Gasteiger charge is -2.26. The maximum absolute atomic E-state index is 12.5. The molecule has 21 heavy (non-hydrogen) atoms. The second kappa shape index (κ2) is 6.69. The molecule has 1 heterocycles. The highest BCUT2D eigenvalue weighted by Gasteiger charge is 2.36. The third-order valence-corrected chi connectivity index (χ3v) is 3.73. The Kier molecular flexibility index (Phi) is 4.93. The van der Waals surface area contributed by atoms with Crippen molar-refractivity contribution in [2.75, 3.05) is 24.5 Å². The average molecular weight is 291 g/mol. The predicted molar refractivity (Wildman–Crippen MR) is 79.6 cm³/mol. The molecule has 6 heteroatoms. The van der Waals surface area contributed by atoms with E-state index >= 15 is 0 Å². The number of likely N-dealkylation sites (tertiary alicyclic amines) is 1. The van der Waals surface area contributed by atoms with Crippen molar-refractivity contribution in [1.82, 2.24) is 4.90 Å². The summed E-state index contributed by atoms with van der Waals surface area (Å²) in [5, 5.41) is 9.67. The summed E-state index contributed by atoms with van der Waals surface area (Å²) in [6.07, 6.45) is -0.317. The van der Waals surface area contributed by atoms with Crippen LogP contribution in [0.3, 0.4) is 0 Å². The molecule has 3 N–H and O–H groups in total. The predicted octanol–water partition coefficient (Wildman–Crippen LogP) is -0.0400. The van der Waals surface area contributed by atoms with E-state index in [0.29, 0.717) is 19.5 Å². The molecule has 2 rings (SSSR count). The standard InChI is InChI=1S/C15H21N3O3/c1-2-18(11-6-4-3-5-7-11)14(20)10-17-9-12(19)8-13(17)15(16)21/h3-7,12-13,19H,2,8-10H2,1H3,(H2,16,21)/t12-,13+/m0/s1. The first-order valence-corrected chi connectivity index (χ1v) is 7.09. The van der Waals surface area contributed by atoms with Gasteiger partial charge in [0.1, 0.15) is 0 Å². The molecule has 1 aliphatic heterocycles. The van der Waals surface area contributed by atoms with Gasteiger partial charge in [0.2, 0.25) is 11.8 Å². The summed E-state index contributed by atoms with van der Waals surface area (Å²) in [5.41, 5.74) is 6.15. The number of β-amino-alcohol motifs (C(OH)–C–C–N with tert-alkyl or cyclic N) is 1. The topological polar surface area (TPSA) is 86.9 Å². The van der Waals surface area contributed by atoms with Crippen molar-refractivity contribution in [3.63, 3.8) is 0 Å². The van der Waals surface area contributed by atoms with E-state index < -0.39 is 18.1 Å². The van der Waals surface area contributed by atoms with Crippen LogP contribution in [0, 0.1) is 0 Å². The fourth-order valence-corrected chi connectivity index (χ4v) is 2.72. The molecule has 2 amide bonds. The van der Waals surface area contributed by atoms with E-state index in [-0.39, 0.29) is 12.5 Å². The third kappa shape index (κ3) is 3.59. The van der Waals surface area contributed by atoms with Crippen molar-refractivity contribution in [3.8, 4) is 0 Å². The number of rotatable bonds is 5. The molecule has 0 aliphatic carbocycles. The highest BCUT2D eigenvalue weighted by Crippen LogP contribution is 2.19. The van der Waals surface area contributed by atoms with Crippen LogP contribution in [-0.2, 0) is 9.59 Å². The third-order valence-electron chi connectivity index (χ3n) is 3.73. The molecule has 0 aromatic heterocycles. The number of hydrogen-bond donors (Lipinski definition) is 2. The molecule has 0 bridgehead atoms. The largest absolute Gasteiger partial charge is 0.392 e. The van der Waals surface area contributed by atoms with E-state index in [1.165, 1.54) is 0 Å². The van der Waals surface area contributed by atoms with Gasteiger partial charge in [0.25, 0.3) is 0 Å². The number of benzene rings is 1. The molecule has 1 aliphatic rings. The summed E-state index contributed by atoms with van der Waals surface area (Å²) in [7, 11) is 0. The summed E-state index contributed by atoms with van der Waals surface area (Å²) in [6, 6.07) is 8.80. The van der Waals surface area contributed by atoms with Crippen molar-refractivity contribution < 1.29 is 14.7 Å². The van der Waals surface area contributed by atoms with E-state index in [4.69, 9.17) is 5.73 Å². The summed E-state index contributed by atoms with van der Waals surface area (Å²) in [4.78, 5) is 27.2. The molecule has 1 aromatic carbocycles. The van der Waals surface area contributed by atoms with Gasteiger partial charge in [0, 0.05) is 18.8 Å². The number of aliphatic hydroxyl groups excluding tert-OH is 1. The number of likely N-dealkylation sites (N-methyl/N-ethyl adjacent to an activating group) is 1. The minimum Gasteiger partial charge on any atom is -0.392 e. The van der Waals surface area contributed by atoms with Crippen LogP contribution in [0.25, 0.3) is 0 Å². The summed E-state index contributed by atoms with van der Waals surface area (Å²) in [5.74, 6) is -0.605. The molecule has 0 saturated carbocycles. The van der Waals surface area contributed by atoms with Crippen LogP contribution in [0.4, 0.5) is 5.69 Å². The van der Waals surface area contributed by atoms with E-state index in [1.54, 1.807) is 9.80 Å². The normalized spacial score (nSPS) is 22.2. The molecule has 114 valence electrons. The van der Waals surface area contributed by atoms with Gasteiger partial charge in [-0.25, -0.2) is 0 Å². The van der Waals surface area contributed by atoms with Crippen LogP contribution >= 0.6 is 0 Å². The number of carbonyl (C=O) groups excluding carboxylic acids is 2. The Morgan fingerprint density at radius 3 is 2.62 bits per heavy atom. The lowest BCUT2D eigenvalue weighted by molar-refractivity contribution is -0.124. The monoisotopic (exact) mass is 291 g/mol. The number of para-hydroxylation sites is 1. The molecule has 0 spiro atoms. The Bertz CT molecular complexity index is 506. The minimum absolute atomic E-state index is 0.0768. The SMILES string of the molecule is CCN(C(=O)CN1C[C@@H](O)C[C@@H]1C(N)=O)c1ccccc1. The smallest absolute Gasteiger partial charge is 0.241 e. The Morgan fingerprint density at radius 1 is 1.38 bits per heavy atom. The lowest BCUT2D eigenvalue weighted by Crippen LogP contribution is -2.46. The summed E-state index contributed by atoms with van der Waals surface area (Å²) >= 11 is 0. The van der Waals surface area contributed by atoms with E-state index in [9.17, 15) is 14.7 Å². The van der Waals surface area contributed by atoms with Gasteiger partial charge in [-0.05, 0) is 25.5 Å². The molecule has 6 nitrogen and oxygen atoms in total. The maximum Gasteiger partial charge on any atom is 0.241 e. The fourth-order valence-electron chi connectivity index (χ4n) is 2.72. The van der Waals surface area contributed by atoms with Crippen LogP contribution in [-0.4, -0.2) is 53.6 Å². The lowest BCUT2D eigenvalue weighted by atomic mass is 10.2. The van der Waals surface area contributed by atoms with Crippen LogP contribution in [0.2, 0.25) is 0 Å². The van der Waals surface area contributed by atoms with E-state index in [0.717, 1.165) is 5.69 Å². The molecule has 1 aromatic rings. The maximum atomic E-state index is 12.5. The molecule has 0 unspecified atom stereocenters. The van der Waals surface area contributed by atoms with Gasteiger partial charge in [0.15, 0.2) is 0 Å². The number of nitrogens with two attached hydrogens (primary N) is 1. The first-order chi connectivity index (χ1) is 10.0. The van der Waals surface area contributed by atoms with Crippen molar-refractivity contribution in [3.05, 3.63) is 30.3 Å². The number of amides is 2. The van der Waals surface area contributed by atoms with Gasteiger partial charge in [-0.3, -0.25) is 14.5 Å². The van der Waals surface area contributed by atoms with Crippen molar-refractivity contribution in [1.29, 1.82) is 0 Å². The highest BCUT2D eigenvalue weighted by molar-refractivity contribution is 5.95. The summed E-state index contributed by atoms with van der Waals surface area (Å²) in [6.45, 7) is 2.81. The first kappa shape index (κ1) is 15.5. The van der Waals surface area contributed by atoms with Crippen molar-refractivity contribution in [2.45, 2.75) is 25.5 Å². The second-order valence-corrected chi connectivity index (χ2v) is 5.21. The summed E-state index contributed by atoms with van der Waals surface area (Å²) < 4.78 is 0. The Hall–Kier alpha value is -1.92. The van der Waals surface area contributed by atoms with Gasteiger partial charge in [-0.15, -0.1) is 0 Å². The van der Waals surface area contributed by atoms with Gasteiger partial charge in [-0.2, -0.15) is 0 Å². The molecule has 0 radical (unpaired) electrons. The van der Waals surface area contributed by atoms with Gasteiger partial charge >= 0.3 is 0 Å². The zero-order valence-corrected chi connectivity index (χ0v) is 12.1. The van der Waals surface area contributed by atoms with E-state index in [2.05, 4.69) is 0 Å². The number of anilines is 1. The first-order valence-electron chi connectivity index (χ1n) is 7.09. The quantitative estimate of drug-likeness (QED) is 0.797. The van der Waals surface area contributed by atoms with Crippen LogP contribution in [0.5, 0.6) is 0 Å². The van der Waals surface area contributed by atoms with Crippen molar-refractivity contribution >= 4 is 17.5 Å². The zero-order chi connectivity index (χ0) is 15.4. The highest BCUT2D eigenvalue weighted by atomic mass is 16.3. The number of primary amides is 1. The number of nitrogens with zero attached hydrogens (tertiary/aromatic N) is 2. The van der Waals surface area contributed by atoms with Crippen LogP contribution in [0.15, 0.2) is 30.3 Å². The minimum atomic E-state index is -0.609. The number of carbonyl (C=O) groups is 2. The molecular formula is C15H21N3O3. The van der Waals surface area contributed by atoms with E-state index in [1.807, 2.05) is 37.3 Å². The fraction of sp³-hybridized carbons (Fsp3) is 0.467. The second-order valence-electron chi connectivity index (χ2n) is 5.21. The van der Waals surface area contributed by atoms with Gasteiger partial charge in [-0.1, -0.05) is 18.2 Å². The molecule has 2 atom stereocenters. The molecule has 1 saturated heterocycles. The van der Waals surface area contributed by atoms with Gasteiger partial charge < -0.3 is 15.7 Å². The molecule has 1 fully saturated rings. The van der Waals surface area contributed by atoms with Gasteiger partial charge in [0.05, 0.1) is 18.7 Å². The van der Waals surface area contributed by atoms with Crippen LogP contribution < -0.4 is 10.6 Å². The van der Waals surface area contributed by atoms with Crippen molar-refractivity contribution in [2.24, 2.45) is 5.73 Å². The molecular weight excluding hydrogens is 270 g/mol. The Labute approximate surface area is 124 Å². The number of hydrogen-bond acceptors (Lipinski definition) is 4.